The van der Waals surface area contributed by atoms with Gasteiger partial charge in [0.1, 0.15) is 5.75 Å². The summed E-state index contributed by atoms with van der Waals surface area (Å²) < 4.78 is 65.5. The number of hydrogen-bond acceptors (Lipinski definition) is 8. The van der Waals surface area contributed by atoms with E-state index in [1.54, 1.807) is 12.1 Å². The number of hydrogen-bond donors (Lipinski definition) is 1. The largest absolute Gasteiger partial charge is 0.573 e. The summed E-state index contributed by atoms with van der Waals surface area (Å²) in [6, 6.07) is 10.8. The molecule has 1 heterocycles. The fourth-order valence-electron chi connectivity index (χ4n) is 2.43. The fourth-order valence-corrected chi connectivity index (χ4v) is 3.96. The summed E-state index contributed by atoms with van der Waals surface area (Å²) in [6.07, 6.45) is -3.77. The molecule has 0 bridgehead atoms. The van der Waals surface area contributed by atoms with Gasteiger partial charge in [-0.3, -0.25) is 4.79 Å². The van der Waals surface area contributed by atoms with E-state index in [4.69, 9.17) is 0 Å². The smallest absolute Gasteiger partial charge is 0.406 e. The van der Waals surface area contributed by atoms with Crippen LogP contribution in [-0.4, -0.2) is 52.9 Å². The van der Waals surface area contributed by atoms with Crippen molar-refractivity contribution in [3.05, 3.63) is 48.5 Å². The summed E-state index contributed by atoms with van der Waals surface area (Å²) in [7, 11) is -3.53. The van der Waals surface area contributed by atoms with Gasteiger partial charge in [-0.1, -0.05) is 23.9 Å². The first kappa shape index (κ1) is 22.6. The topological polar surface area (TPSA) is 116 Å². The highest BCUT2D eigenvalue weighted by molar-refractivity contribution is 7.99. The molecule has 2 aromatic carbocycles. The fraction of sp³-hybridized carbons (Fsp3) is 0.176. The maximum atomic E-state index is 12.3. The van der Waals surface area contributed by atoms with Crippen molar-refractivity contribution in [1.82, 2.24) is 20.2 Å². The molecule has 0 fully saturated rings. The molecule has 1 amide bonds. The second kappa shape index (κ2) is 8.93. The molecular formula is C17H14F3N5O4S2. The lowest BCUT2D eigenvalue weighted by Crippen LogP contribution is -2.17. The number of amides is 1. The standard InChI is InChI=1S/C17H14F3N5O4S2/c1-31(27,28)14-5-3-2-4-13(14)21-15(26)10-30-16-22-23-24-25(16)11-6-8-12(9-7-11)29-17(18,19)20/h2-9H,10H2,1H3,(H,21,26). The minimum Gasteiger partial charge on any atom is -0.406 e. The molecule has 0 aliphatic heterocycles. The van der Waals surface area contributed by atoms with Crippen molar-refractivity contribution in [3.63, 3.8) is 0 Å². The maximum absolute atomic E-state index is 12.3. The van der Waals surface area contributed by atoms with Crippen molar-refractivity contribution in [1.29, 1.82) is 0 Å². The van der Waals surface area contributed by atoms with Crippen LogP contribution in [-0.2, 0) is 14.6 Å². The van der Waals surface area contributed by atoms with Crippen molar-refractivity contribution >= 4 is 33.2 Å². The van der Waals surface area contributed by atoms with E-state index in [2.05, 4.69) is 25.6 Å². The molecule has 0 unspecified atom stereocenters. The number of halogens is 3. The molecule has 1 aromatic heterocycles. The van der Waals surface area contributed by atoms with E-state index in [0.717, 1.165) is 30.2 Å². The van der Waals surface area contributed by atoms with E-state index in [9.17, 15) is 26.4 Å². The Morgan fingerprint density at radius 1 is 1.16 bits per heavy atom. The monoisotopic (exact) mass is 473 g/mol. The van der Waals surface area contributed by atoms with Crippen LogP contribution >= 0.6 is 11.8 Å². The van der Waals surface area contributed by atoms with Crippen LogP contribution in [0.4, 0.5) is 18.9 Å². The summed E-state index contributed by atoms with van der Waals surface area (Å²) in [6.45, 7) is 0. The third kappa shape index (κ3) is 6.18. The SMILES string of the molecule is CS(=O)(=O)c1ccccc1NC(=O)CSc1nnnn1-c1ccc(OC(F)(F)F)cc1. The van der Waals surface area contributed by atoms with Gasteiger partial charge in [0.05, 0.1) is 22.0 Å². The number of benzene rings is 2. The van der Waals surface area contributed by atoms with Gasteiger partial charge in [0.25, 0.3) is 0 Å². The van der Waals surface area contributed by atoms with Crippen molar-refractivity contribution in [2.24, 2.45) is 0 Å². The molecule has 31 heavy (non-hydrogen) atoms. The normalized spacial score (nSPS) is 11.9. The second-order valence-corrected chi connectivity index (χ2v) is 8.95. The van der Waals surface area contributed by atoms with E-state index in [1.807, 2.05) is 0 Å². The Balaban J connectivity index is 1.67. The number of nitrogens with zero attached hydrogens (tertiary/aromatic N) is 4. The number of aromatic nitrogens is 4. The van der Waals surface area contributed by atoms with Crippen molar-refractivity contribution in [2.45, 2.75) is 16.4 Å². The predicted molar refractivity (Wildman–Crippen MR) is 105 cm³/mol. The summed E-state index contributed by atoms with van der Waals surface area (Å²) >= 11 is 0.958. The minimum atomic E-state index is -4.81. The number of para-hydroxylation sites is 1. The van der Waals surface area contributed by atoms with Crippen LogP contribution in [0, 0.1) is 0 Å². The van der Waals surface area contributed by atoms with Crippen LogP contribution in [0.3, 0.4) is 0 Å². The number of sulfone groups is 1. The van der Waals surface area contributed by atoms with Gasteiger partial charge in [-0.15, -0.1) is 18.3 Å². The van der Waals surface area contributed by atoms with E-state index in [0.29, 0.717) is 5.69 Å². The Kier molecular flexibility index (Phi) is 6.50. The molecule has 9 nitrogen and oxygen atoms in total. The summed E-state index contributed by atoms with van der Waals surface area (Å²) in [5.41, 5.74) is 0.500. The lowest BCUT2D eigenvalue weighted by Gasteiger charge is -2.10. The molecule has 1 N–H and O–H groups in total. The van der Waals surface area contributed by atoms with Crippen LogP contribution in [0.5, 0.6) is 5.75 Å². The molecule has 0 aliphatic rings. The summed E-state index contributed by atoms with van der Waals surface area (Å²) in [5.74, 6) is -1.04. The third-order valence-electron chi connectivity index (χ3n) is 3.65. The average molecular weight is 473 g/mol. The van der Waals surface area contributed by atoms with Gasteiger partial charge >= 0.3 is 6.36 Å². The van der Waals surface area contributed by atoms with Gasteiger partial charge in [-0.25, -0.2) is 8.42 Å². The molecule has 14 heteroatoms. The van der Waals surface area contributed by atoms with Gasteiger partial charge in [-0.2, -0.15) is 4.68 Å². The van der Waals surface area contributed by atoms with Crippen LogP contribution in [0.2, 0.25) is 0 Å². The number of carbonyl (C=O) groups excluding carboxylic acids is 1. The highest BCUT2D eigenvalue weighted by atomic mass is 32.2. The Morgan fingerprint density at radius 2 is 1.84 bits per heavy atom. The first-order valence-corrected chi connectivity index (χ1v) is 11.3. The first-order valence-electron chi connectivity index (χ1n) is 8.39. The lowest BCUT2D eigenvalue weighted by molar-refractivity contribution is -0.274. The third-order valence-corrected chi connectivity index (χ3v) is 5.72. The van der Waals surface area contributed by atoms with Crippen LogP contribution in [0.25, 0.3) is 5.69 Å². The number of thioether (sulfide) groups is 1. The first-order chi connectivity index (χ1) is 14.5. The molecule has 3 aromatic rings. The number of nitrogens with one attached hydrogen (secondary N) is 1. The number of anilines is 1. The van der Waals surface area contributed by atoms with Gasteiger partial charge in [0, 0.05) is 6.26 Å². The van der Waals surface area contributed by atoms with Crippen molar-refractivity contribution in [2.75, 3.05) is 17.3 Å². The van der Waals surface area contributed by atoms with Crippen LogP contribution in [0.1, 0.15) is 0 Å². The highest BCUT2D eigenvalue weighted by Crippen LogP contribution is 2.25. The van der Waals surface area contributed by atoms with Gasteiger partial charge < -0.3 is 10.1 Å². The molecule has 164 valence electrons. The van der Waals surface area contributed by atoms with Crippen molar-refractivity contribution in [3.8, 4) is 11.4 Å². The Labute approximate surface area is 178 Å². The Hall–Kier alpha value is -3.13. The Morgan fingerprint density at radius 3 is 2.48 bits per heavy atom. The maximum Gasteiger partial charge on any atom is 0.573 e. The molecule has 0 saturated heterocycles. The summed E-state index contributed by atoms with van der Waals surface area (Å²) in [5, 5.41) is 13.8. The zero-order valence-corrected chi connectivity index (χ0v) is 17.3. The quantitative estimate of drug-likeness (QED) is 0.521. The molecule has 3 rings (SSSR count). The van der Waals surface area contributed by atoms with Crippen LogP contribution in [0.15, 0.2) is 58.6 Å². The Bertz CT molecular complexity index is 1180. The van der Waals surface area contributed by atoms with E-state index in [1.165, 1.54) is 28.9 Å². The number of ether oxygens (including phenoxy) is 1. The number of tetrazole rings is 1. The summed E-state index contributed by atoms with van der Waals surface area (Å²) in [4.78, 5) is 12.3. The predicted octanol–water partition coefficient (Wildman–Crippen LogP) is 2.70. The molecule has 0 spiro atoms. The van der Waals surface area contributed by atoms with Gasteiger partial charge in [0.15, 0.2) is 9.84 Å². The molecule has 0 saturated carbocycles. The molecular weight excluding hydrogens is 459 g/mol. The van der Waals surface area contributed by atoms with E-state index < -0.39 is 27.9 Å². The van der Waals surface area contributed by atoms with Crippen molar-refractivity contribution < 1.29 is 31.1 Å². The second-order valence-electron chi connectivity index (χ2n) is 6.02. The zero-order valence-electron chi connectivity index (χ0n) is 15.7. The number of carbonyl (C=O) groups is 1. The molecule has 0 aliphatic carbocycles. The van der Waals surface area contributed by atoms with Gasteiger partial charge in [-0.05, 0) is 46.8 Å². The molecule has 0 atom stereocenters. The number of rotatable bonds is 7. The van der Waals surface area contributed by atoms with E-state index >= 15 is 0 Å². The average Bonchev–Trinajstić information content (AvgIpc) is 3.14. The zero-order chi connectivity index (χ0) is 22.6. The molecule has 0 radical (unpaired) electrons. The minimum absolute atomic E-state index is 0.0145. The van der Waals surface area contributed by atoms with E-state index in [-0.39, 0.29) is 21.5 Å². The number of alkyl halides is 3. The van der Waals surface area contributed by atoms with Crippen LogP contribution < -0.4 is 10.1 Å². The lowest BCUT2D eigenvalue weighted by atomic mass is 10.3. The highest BCUT2D eigenvalue weighted by Gasteiger charge is 2.31. The van der Waals surface area contributed by atoms with Gasteiger partial charge in [0.2, 0.25) is 11.1 Å².